The van der Waals surface area contributed by atoms with Crippen molar-refractivity contribution in [2.24, 2.45) is 5.92 Å². The molecule has 0 unspecified atom stereocenters. The van der Waals surface area contributed by atoms with Gasteiger partial charge in [0.2, 0.25) is 5.91 Å². The van der Waals surface area contributed by atoms with Crippen LogP contribution in [0.5, 0.6) is 0 Å². The number of pyridine rings is 1. The monoisotopic (exact) mass is 380 g/mol. The molecule has 0 atom stereocenters. The molecule has 1 amide bonds. The summed E-state index contributed by atoms with van der Waals surface area (Å²) in [7, 11) is 0. The number of aromatic nitrogens is 3. The van der Waals surface area contributed by atoms with Crippen molar-refractivity contribution in [3.05, 3.63) is 36.0 Å². The number of aryl methyl sites for hydroxylation is 1. The average Bonchev–Trinajstić information content (AvgIpc) is 3.22. The first-order valence-electron chi connectivity index (χ1n) is 10.2. The van der Waals surface area contributed by atoms with Crippen LogP contribution in [0.2, 0.25) is 0 Å². The van der Waals surface area contributed by atoms with E-state index in [9.17, 15) is 4.79 Å². The van der Waals surface area contributed by atoms with Gasteiger partial charge in [-0.25, -0.2) is 4.98 Å². The van der Waals surface area contributed by atoms with E-state index in [1.807, 2.05) is 36.1 Å². The van der Waals surface area contributed by atoms with Gasteiger partial charge in [0.15, 0.2) is 11.6 Å². The number of hydrogen-bond acceptors (Lipinski definition) is 6. The Morgan fingerprint density at radius 2 is 1.86 bits per heavy atom. The second kappa shape index (κ2) is 8.54. The third-order valence-electron chi connectivity index (χ3n) is 5.72. The highest BCUT2D eigenvalue weighted by Crippen LogP contribution is 2.28. The summed E-state index contributed by atoms with van der Waals surface area (Å²) >= 11 is 0. The number of carbonyl (C=O) groups excluding carboxylic acids is 1. The second-order valence-corrected chi connectivity index (χ2v) is 7.84. The molecule has 2 fully saturated rings. The number of hydrogen-bond donors (Lipinski definition) is 1. The molecule has 0 aromatic carbocycles. The normalized spacial score (nSPS) is 17.8. The van der Waals surface area contributed by atoms with E-state index in [0.717, 1.165) is 49.8 Å². The maximum atomic E-state index is 12.5. The molecule has 2 aromatic rings. The van der Waals surface area contributed by atoms with E-state index in [2.05, 4.69) is 25.4 Å². The van der Waals surface area contributed by atoms with Gasteiger partial charge in [0.1, 0.15) is 5.82 Å². The molecule has 7 heteroatoms. The molecule has 4 rings (SSSR count). The predicted molar refractivity (Wildman–Crippen MR) is 110 cm³/mol. The van der Waals surface area contributed by atoms with Crippen LogP contribution in [0.3, 0.4) is 0 Å². The fourth-order valence-corrected chi connectivity index (χ4v) is 4.07. The molecule has 7 nitrogen and oxygen atoms in total. The van der Waals surface area contributed by atoms with E-state index in [1.165, 1.54) is 25.7 Å². The molecule has 2 aromatic heterocycles. The summed E-state index contributed by atoms with van der Waals surface area (Å²) in [4.78, 5) is 21.0. The molecule has 1 saturated carbocycles. The third kappa shape index (κ3) is 4.58. The SMILES string of the molecule is Cc1ccnc(Nc2ccc(N3CCN(C(=O)CC4CCCC4)CC3)nn2)c1. The van der Waals surface area contributed by atoms with Gasteiger partial charge in [0, 0.05) is 38.8 Å². The molecule has 0 spiro atoms. The van der Waals surface area contributed by atoms with Gasteiger partial charge >= 0.3 is 0 Å². The number of carbonyl (C=O) groups is 1. The number of nitrogens with zero attached hydrogens (tertiary/aromatic N) is 5. The van der Waals surface area contributed by atoms with Crippen molar-refractivity contribution in [3.63, 3.8) is 0 Å². The lowest BCUT2D eigenvalue weighted by atomic mass is 10.0. The van der Waals surface area contributed by atoms with Gasteiger partial charge in [0.05, 0.1) is 0 Å². The zero-order valence-corrected chi connectivity index (χ0v) is 16.5. The molecule has 1 aliphatic carbocycles. The van der Waals surface area contributed by atoms with Crippen molar-refractivity contribution >= 4 is 23.4 Å². The summed E-state index contributed by atoms with van der Waals surface area (Å²) in [6.45, 7) is 5.16. The maximum Gasteiger partial charge on any atom is 0.222 e. The number of anilines is 3. The number of rotatable bonds is 5. The van der Waals surface area contributed by atoms with Crippen molar-refractivity contribution in [1.29, 1.82) is 0 Å². The summed E-state index contributed by atoms with van der Waals surface area (Å²) in [5, 5.41) is 11.8. The Kier molecular flexibility index (Phi) is 5.69. The second-order valence-electron chi connectivity index (χ2n) is 7.84. The summed E-state index contributed by atoms with van der Waals surface area (Å²) in [6.07, 6.45) is 7.52. The van der Waals surface area contributed by atoms with Crippen molar-refractivity contribution < 1.29 is 4.79 Å². The highest BCUT2D eigenvalue weighted by molar-refractivity contribution is 5.76. The number of amides is 1. The smallest absolute Gasteiger partial charge is 0.222 e. The molecule has 0 bridgehead atoms. The van der Waals surface area contributed by atoms with Crippen molar-refractivity contribution in [2.75, 3.05) is 36.4 Å². The maximum absolute atomic E-state index is 12.5. The third-order valence-corrected chi connectivity index (χ3v) is 5.72. The molecule has 0 radical (unpaired) electrons. The number of nitrogens with one attached hydrogen (secondary N) is 1. The average molecular weight is 380 g/mol. The molecule has 1 N–H and O–H groups in total. The standard InChI is InChI=1S/C21H28N6O/c1-16-8-9-22-19(14-16)23-18-6-7-20(25-24-18)26-10-12-27(13-11-26)21(28)15-17-4-2-3-5-17/h6-9,14,17H,2-5,10-13,15H2,1H3,(H,22,23,24). The van der Waals surface area contributed by atoms with Gasteiger partial charge in [-0.2, -0.15) is 0 Å². The van der Waals surface area contributed by atoms with Crippen molar-refractivity contribution in [1.82, 2.24) is 20.1 Å². The highest BCUT2D eigenvalue weighted by Gasteiger charge is 2.25. The lowest BCUT2D eigenvalue weighted by Crippen LogP contribution is -2.49. The number of piperazine rings is 1. The van der Waals surface area contributed by atoms with E-state index < -0.39 is 0 Å². The van der Waals surface area contributed by atoms with Crippen LogP contribution < -0.4 is 10.2 Å². The van der Waals surface area contributed by atoms with Gasteiger partial charge in [0.25, 0.3) is 0 Å². The largest absolute Gasteiger partial charge is 0.352 e. The van der Waals surface area contributed by atoms with E-state index in [-0.39, 0.29) is 0 Å². The molecule has 1 saturated heterocycles. The molecule has 148 valence electrons. The van der Waals surface area contributed by atoms with E-state index in [0.29, 0.717) is 17.6 Å². The first-order chi connectivity index (χ1) is 13.7. The molecule has 28 heavy (non-hydrogen) atoms. The summed E-state index contributed by atoms with van der Waals surface area (Å²) < 4.78 is 0. The zero-order chi connectivity index (χ0) is 19.3. The Hall–Kier alpha value is -2.70. The van der Waals surface area contributed by atoms with E-state index in [1.54, 1.807) is 6.20 Å². The Bertz CT molecular complexity index is 795. The predicted octanol–water partition coefficient (Wildman–Crippen LogP) is 3.15. The molecular formula is C21H28N6O. The Morgan fingerprint density at radius 1 is 1.07 bits per heavy atom. The zero-order valence-electron chi connectivity index (χ0n) is 16.5. The molecule has 3 heterocycles. The van der Waals surface area contributed by atoms with Gasteiger partial charge in [-0.05, 0) is 55.5 Å². The van der Waals surface area contributed by atoms with E-state index >= 15 is 0 Å². The summed E-state index contributed by atoms with van der Waals surface area (Å²) in [6, 6.07) is 7.82. The minimum atomic E-state index is 0.322. The molecule has 2 aliphatic rings. The van der Waals surface area contributed by atoms with Crippen molar-refractivity contribution in [2.45, 2.75) is 39.0 Å². The summed E-state index contributed by atoms with van der Waals surface area (Å²) in [5.41, 5.74) is 1.14. The van der Waals surface area contributed by atoms with Gasteiger partial charge < -0.3 is 15.1 Å². The molecular weight excluding hydrogens is 352 g/mol. The fourth-order valence-electron chi connectivity index (χ4n) is 4.07. The first kappa shape index (κ1) is 18.7. The lowest BCUT2D eigenvalue weighted by Gasteiger charge is -2.35. The summed E-state index contributed by atoms with van der Waals surface area (Å²) in [5.74, 6) is 3.22. The van der Waals surface area contributed by atoms with E-state index in [4.69, 9.17) is 0 Å². The first-order valence-corrected chi connectivity index (χ1v) is 10.2. The Balaban J connectivity index is 1.29. The van der Waals surface area contributed by atoms with Crippen LogP contribution in [-0.2, 0) is 4.79 Å². The lowest BCUT2D eigenvalue weighted by molar-refractivity contribution is -0.132. The minimum absolute atomic E-state index is 0.322. The van der Waals surface area contributed by atoms with Crippen molar-refractivity contribution in [3.8, 4) is 0 Å². The Morgan fingerprint density at radius 3 is 2.54 bits per heavy atom. The minimum Gasteiger partial charge on any atom is -0.352 e. The van der Waals surface area contributed by atoms with Crippen LogP contribution in [0.4, 0.5) is 17.5 Å². The topological polar surface area (TPSA) is 74.2 Å². The highest BCUT2D eigenvalue weighted by atomic mass is 16.2. The Labute approximate surface area is 166 Å². The molecule has 1 aliphatic heterocycles. The van der Waals surface area contributed by atoms with Crippen LogP contribution >= 0.6 is 0 Å². The van der Waals surface area contributed by atoms with Crippen LogP contribution in [0.15, 0.2) is 30.5 Å². The van der Waals surface area contributed by atoms with Crippen LogP contribution in [0.1, 0.15) is 37.7 Å². The van der Waals surface area contributed by atoms with Crippen LogP contribution in [-0.4, -0.2) is 52.2 Å². The fraction of sp³-hybridized carbons (Fsp3) is 0.524. The van der Waals surface area contributed by atoms with Crippen LogP contribution in [0.25, 0.3) is 0 Å². The quantitative estimate of drug-likeness (QED) is 0.859. The van der Waals surface area contributed by atoms with Gasteiger partial charge in [-0.3, -0.25) is 4.79 Å². The van der Waals surface area contributed by atoms with Gasteiger partial charge in [-0.15, -0.1) is 10.2 Å². The van der Waals surface area contributed by atoms with Crippen LogP contribution in [0, 0.1) is 12.8 Å². The van der Waals surface area contributed by atoms with Gasteiger partial charge in [-0.1, -0.05) is 12.8 Å².